The first kappa shape index (κ1) is 9.86. The van der Waals surface area contributed by atoms with Gasteiger partial charge in [-0.2, -0.15) is 5.26 Å². The number of hydrogen-bond acceptors (Lipinski definition) is 5. The Balaban J connectivity index is 3.42. The summed E-state index contributed by atoms with van der Waals surface area (Å²) in [6, 6.07) is 4.02. The SMILES string of the molecule is COC(=O)c1c(O)ccc(C#N)c1O. The van der Waals surface area contributed by atoms with Crippen molar-refractivity contribution in [2.75, 3.05) is 7.11 Å². The maximum Gasteiger partial charge on any atom is 0.345 e. The van der Waals surface area contributed by atoms with Crippen LogP contribution in [0.15, 0.2) is 12.1 Å². The van der Waals surface area contributed by atoms with E-state index in [4.69, 9.17) is 5.26 Å². The molecule has 0 saturated heterocycles. The molecule has 0 heterocycles. The summed E-state index contributed by atoms with van der Waals surface area (Å²) in [5.41, 5.74) is -0.491. The van der Waals surface area contributed by atoms with Crippen LogP contribution in [-0.2, 0) is 4.74 Å². The molecule has 5 heteroatoms. The van der Waals surface area contributed by atoms with Gasteiger partial charge in [-0.1, -0.05) is 0 Å². The van der Waals surface area contributed by atoms with E-state index >= 15 is 0 Å². The van der Waals surface area contributed by atoms with Gasteiger partial charge in [0.1, 0.15) is 17.4 Å². The first-order valence-corrected chi connectivity index (χ1v) is 3.65. The molecular weight excluding hydrogens is 186 g/mol. The lowest BCUT2D eigenvalue weighted by Gasteiger charge is -2.05. The lowest BCUT2D eigenvalue weighted by Crippen LogP contribution is -2.02. The number of hydrogen-bond donors (Lipinski definition) is 2. The van der Waals surface area contributed by atoms with Crippen LogP contribution in [0.5, 0.6) is 11.5 Å². The minimum absolute atomic E-state index is 0.0943. The summed E-state index contributed by atoms with van der Waals surface area (Å²) < 4.78 is 4.33. The molecule has 0 atom stereocenters. The lowest BCUT2D eigenvalue weighted by molar-refractivity contribution is 0.0594. The van der Waals surface area contributed by atoms with Crippen molar-refractivity contribution in [1.29, 1.82) is 5.26 Å². The molecule has 0 unspecified atom stereocenters. The molecule has 0 amide bonds. The Hall–Kier alpha value is -2.22. The zero-order chi connectivity index (χ0) is 10.7. The third-order valence-corrected chi connectivity index (χ3v) is 1.67. The maximum absolute atomic E-state index is 11.1. The Bertz CT molecular complexity index is 420. The third kappa shape index (κ3) is 1.45. The van der Waals surface area contributed by atoms with Crippen LogP contribution in [0.1, 0.15) is 15.9 Å². The minimum atomic E-state index is -0.892. The molecular formula is C9H7NO4. The topological polar surface area (TPSA) is 90.5 Å². The molecule has 72 valence electrons. The fourth-order valence-corrected chi connectivity index (χ4v) is 0.974. The van der Waals surface area contributed by atoms with Gasteiger partial charge >= 0.3 is 5.97 Å². The molecule has 2 N–H and O–H groups in total. The number of ether oxygens (including phenoxy) is 1. The van der Waals surface area contributed by atoms with E-state index in [1.54, 1.807) is 6.07 Å². The normalized spacial score (nSPS) is 9.14. The molecule has 0 bridgehead atoms. The largest absolute Gasteiger partial charge is 0.507 e. The van der Waals surface area contributed by atoms with Crippen molar-refractivity contribution >= 4 is 5.97 Å². The van der Waals surface area contributed by atoms with Crippen molar-refractivity contribution in [2.45, 2.75) is 0 Å². The lowest BCUT2D eigenvalue weighted by atomic mass is 10.1. The number of rotatable bonds is 1. The van der Waals surface area contributed by atoms with Crippen LogP contribution in [0.4, 0.5) is 0 Å². The monoisotopic (exact) mass is 193 g/mol. The summed E-state index contributed by atoms with van der Waals surface area (Å²) >= 11 is 0. The predicted molar refractivity (Wildman–Crippen MR) is 45.8 cm³/mol. The third-order valence-electron chi connectivity index (χ3n) is 1.67. The second-order valence-electron chi connectivity index (χ2n) is 2.46. The van der Waals surface area contributed by atoms with E-state index in [1.165, 1.54) is 6.07 Å². The number of phenols is 2. The molecule has 0 fully saturated rings. The summed E-state index contributed by atoms with van der Waals surface area (Å²) in [5.74, 6) is -1.88. The molecule has 1 aromatic carbocycles. The fraction of sp³-hybridized carbons (Fsp3) is 0.111. The van der Waals surface area contributed by atoms with Gasteiger partial charge < -0.3 is 14.9 Å². The number of methoxy groups -OCH3 is 1. The van der Waals surface area contributed by atoms with Crippen molar-refractivity contribution in [1.82, 2.24) is 0 Å². The van der Waals surface area contributed by atoms with Gasteiger partial charge in [0.25, 0.3) is 0 Å². The Morgan fingerprint density at radius 3 is 2.64 bits per heavy atom. The summed E-state index contributed by atoms with van der Waals surface area (Å²) in [7, 11) is 1.11. The van der Waals surface area contributed by atoms with Gasteiger partial charge in [-0.15, -0.1) is 0 Å². The highest BCUT2D eigenvalue weighted by molar-refractivity contribution is 5.96. The van der Waals surface area contributed by atoms with Crippen LogP contribution in [0, 0.1) is 11.3 Å². The highest BCUT2D eigenvalue weighted by atomic mass is 16.5. The summed E-state index contributed by atoms with van der Waals surface area (Å²) in [5, 5.41) is 27.2. The average molecular weight is 193 g/mol. The van der Waals surface area contributed by atoms with Crippen molar-refractivity contribution in [3.8, 4) is 17.6 Å². The van der Waals surface area contributed by atoms with Crippen molar-refractivity contribution in [2.24, 2.45) is 0 Å². The Morgan fingerprint density at radius 2 is 2.14 bits per heavy atom. The molecule has 0 spiro atoms. The van der Waals surface area contributed by atoms with Gasteiger partial charge in [-0.25, -0.2) is 4.79 Å². The van der Waals surface area contributed by atoms with Gasteiger partial charge in [0.05, 0.1) is 12.7 Å². The van der Waals surface area contributed by atoms with Crippen LogP contribution in [-0.4, -0.2) is 23.3 Å². The molecule has 14 heavy (non-hydrogen) atoms. The molecule has 1 rings (SSSR count). The number of benzene rings is 1. The smallest absolute Gasteiger partial charge is 0.345 e. The van der Waals surface area contributed by atoms with Gasteiger partial charge in [-0.3, -0.25) is 0 Å². The minimum Gasteiger partial charge on any atom is -0.507 e. The highest BCUT2D eigenvalue weighted by Crippen LogP contribution is 2.30. The highest BCUT2D eigenvalue weighted by Gasteiger charge is 2.19. The second kappa shape index (κ2) is 3.66. The molecule has 0 aliphatic carbocycles. The number of esters is 1. The van der Waals surface area contributed by atoms with Gasteiger partial charge in [0.2, 0.25) is 0 Å². The average Bonchev–Trinajstić information content (AvgIpc) is 2.18. The number of aromatic hydroxyl groups is 2. The number of nitriles is 1. The van der Waals surface area contributed by atoms with Crippen LogP contribution in [0.2, 0.25) is 0 Å². The van der Waals surface area contributed by atoms with Gasteiger partial charge in [0, 0.05) is 0 Å². The molecule has 5 nitrogen and oxygen atoms in total. The summed E-state index contributed by atoms with van der Waals surface area (Å²) in [4.78, 5) is 11.1. The molecule has 0 aliphatic heterocycles. The standard InChI is InChI=1S/C9H7NO4/c1-14-9(13)7-6(11)3-2-5(4-10)8(7)12/h2-3,11-12H,1H3. The van der Waals surface area contributed by atoms with Crippen LogP contribution in [0.25, 0.3) is 0 Å². The molecule has 0 aliphatic rings. The Kier molecular flexibility index (Phi) is 2.58. The zero-order valence-electron chi connectivity index (χ0n) is 7.31. The van der Waals surface area contributed by atoms with Crippen molar-refractivity contribution < 1.29 is 19.7 Å². The second-order valence-corrected chi connectivity index (χ2v) is 2.46. The fourth-order valence-electron chi connectivity index (χ4n) is 0.974. The Labute approximate surface area is 79.8 Å². The quantitative estimate of drug-likeness (QED) is 0.642. The van der Waals surface area contributed by atoms with E-state index in [0.29, 0.717) is 0 Å². The predicted octanol–water partition coefficient (Wildman–Crippen LogP) is 0.756. The number of nitrogens with zero attached hydrogens (tertiary/aromatic N) is 1. The Morgan fingerprint density at radius 1 is 1.50 bits per heavy atom. The van der Waals surface area contributed by atoms with Crippen molar-refractivity contribution in [3.05, 3.63) is 23.3 Å². The van der Waals surface area contributed by atoms with Crippen LogP contribution < -0.4 is 0 Å². The number of carbonyl (C=O) groups excluding carboxylic acids is 1. The van der Waals surface area contributed by atoms with Gasteiger partial charge in [0.15, 0.2) is 5.75 Å². The maximum atomic E-state index is 11.1. The zero-order valence-corrected chi connectivity index (χ0v) is 7.31. The molecule has 0 saturated carbocycles. The van der Waals surface area contributed by atoms with Crippen LogP contribution in [0.3, 0.4) is 0 Å². The van der Waals surface area contributed by atoms with Crippen LogP contribution >= 0.6 is 0 Å². The van der Waals surface area contributed by atoms with E-state index < -0.39 is 23.0 Å². The molecule has 0 radical (unpaired) electrons. The first-order chi connectivity index (χ1) is 6.61. The molecule has 1 aromatic rings. The van der Waals surface area contributed by atoms with Crippen molar-refractivity contribution in [3.63, 3.8) is 0 Å². The number of phenolic OH excluding ortho intramolecular Hbond substituents is 2. The first-order valence-electron chi connectivity index (χ1n) is 3.65. The molecule has 0 aromatic heterocycles. The van der Waals surface area contributed by atoms with E-state index in [0.717, 1.165) is 13.2 Å². The van der Waals surface area contributed by atoms with E-state index in [-0.39, 0.29) is 5.56 Å². The van der Waals surface area contributed by atoms with Gasteiger partial charge in [-0.05, 0) is 12.1 Å². The van der Waals surface area contributed by atoms with E-state index in [9.17, 15) is 15.0 Å². The van der Waals surface area contributed by atoms with E-state index in [1.807, 2.05) is 0 Å². The summed E-state index contributed by atoms with van der Waals surface area (Å²) in [6.07, 6.45) is 0. The van der Waals surface area contributed by atoms with E-state index in [2.05, 4.69) is 4.74 Å². The number of carbonyl (C=O) groups is 1. The summed E-state index contributed by atoms with van der Waals surface area (Å²) in [6.45, 7) is 0.